The summed E-state index contributed by atoms with van der Waals surface area (Å²) in [5.74, 6) is 1.99. The van der Waals surface area contributed by atoms with Crippen molar-refractivity contribution in [1.82, 2.24) is 5.43 Å². The topological polar surface area (TPSA) is 59.9 Å². The molecule has 2 rings (SSSR count). The van der Waals surface area contributed by atoms with E-state index in [9.17, 15) is 4.79 Å². The summed E-state index contributed by atoms with van der Waals surface area (Å²) in [4.78, 5) is 12.3. The fourth-order valence-electron chi connectivity index (χ4n) is 2.47. The predicted octanol–water partition coefficient (Wildman–Crippen LogP) is 3.39. The Balaban J connectivity index is 1.96. The Kier molecular flexibility index (Phi) is 6.02. The molecule has 23 heavy (non-hydrogen) atoms. The molecule has 1 aromatic rings. The summed E-state index contributed by atoms with van der Waals surface area (Å²) in [7, 11) is 0. The number of ether oxygens (including phenoxy) is 2. The van der Waals surface area contributed by atoms with E-state index in [0.29, 0.717) is 23.3 Å². The van der Waals surface area contributed by atoms with E-state index in [2.05, 4.69) is 38.2 Å². The molecule has 1 aliphatic rings. The number of rotatable bonds is 6. The minimum absolute atomic E-state index is 0.196. The first kappa shape index (κ1) is 17.3. The van der Waals surface area contributed by atoms with Gasteiger partial charge in [0.15, 0.2) is 11.5 Å². The van der Waals surface area contributed by atoms with Gasteiger partial charge < -0.3 is 9.47 Å². The number of benzene rings is 1. The Bertz CT molecular complexity index is 555. The molecule has 0 saturated carbocycles. The normalized spacial score (nSPS) is 16.3. The van der Waals surface area contributed by atoms with Gasteiger partial charge in [0, 0.05) is 5.71 Å². The quantitative estimate of drug-likeness (QED) is 0.646. The molecule has 5 heteroatoms. The monoisotopic (exact) mass is 318 g/mol. The van der Waals surface area contributed by atoms with Crippen LogP contribution < -0.4 is 14.9 Å². The Hall–Kier alpha value is -2.04. The molecule has 1 aromatic carbocycles. The number of carbonyl (C=O) groups is 1. The smallest absolute Gasteiger partial charge is 0.284 e. The molecule has 1 N–H and O–H groups in total. The second-order valence-corrected chi connectivity index (χ2v) is 6.71. The third-order valence-corrected chi connectivity index (χ3v) is 3.41. The van der Waals surface area contributed by atoms with Gasteiger partial charge in [0.25, 0.3) is 5.91 Å². The number of nitrogens with zero attached hydrogens (tertiary/aromatic N) is 1. The van der Waals surface area contributed by atoms with Gasteiger partial charge in [0.05, 0.1) is 0 Å². The summed E-state index contributed by atoms with van der Waals surface area (Å²) >= 11 is 0. The third-order valence-electron chi connectivity index (χ3n) is 3.41. The van der Waals surface area contributed by atoms with Crippen LogP contribution >= 0.6 is 0 Å². The van der Waals surface area contributed by atoms with Crippen molar-refractivity contribution in [3.63, 3.8) is 0 Å². The number of fused-ring (bicyclic) bond motifs is 1. The molecule has 1 atom stereocenters. The average Bonchev–Trinajstić information content (AvgIpc) is 2.50. The molecule has 0 saturated heterocycles. The first-order valence-electron chi connectivity index (χ1n) is 8.19. The summed E-state index contributed by atoms with van der Waals surface area (Å²) < 4.78 is 11.2. The summed E-state index contributed by atoms with van der Waals surface area (Å²) in [6.45, 7) is 8.78. The van der Waals surface area contributed by atoms with Crippen LogP contribution in [0.2, 0.25) is 0 Å². The molecule has 0 unspecified atom stereocenters. The van der Waals surface area contributed by atoms with E-state index < -0.39 is 6.10 Å². The van der Waals surface area contributed by atoms with E-state index in [1.165, 1.54) is 0 Å². The van der Waals surface area contributed by atoms with Crippen LogP contribution in [0.3, 0.4) is 0 Å². The number of nitrogens with one attached hydrogen (secondary N) is 1. The number of hydrogen-bond donors (Lipinski definition) is 1. The van der Waals surface area contributed by atoms with Crippen LogP contribution in [0.15, 0.2) is 29.4 Å². The van der Waals surface area contributed by atoms with E-state index in [1.54, 1.807) is 6.07 Å². The van der Waals surface area contributed by atoms with Crippen LogP contribution in [-0.4, -0.2) is 24.3 Å². The van der Waals surface area contributed by atoms with E-state index >= 15 is 0 Å². The first-order valence-corrected chi connectivity index (χ1v) is 8.19. The lowest BCUT2D eigenvalue weighted by atomic mass is 9.99. The molecule has 0 fully saturated rings. The molecule has 1 heterocycles. The Morgan fingerprint density at radius 2 is 1.78 bits per heavy atom. The lowest BCUT2D eigenvalue weighted by Crippen LogP contribution is -2.42. The van der Waals surface area contributed by atoms with Gasteiger partial charge in [-0.05, 0) is 36.8 Å². The van der Waals surface area contributed by atoms with Gasteiger partial charge >= 0.3 is 0 Å². The average molecular weight is 318 g/mol. The maximum atomic E-state index is 12.3. The standard InChI is InChI=1S/C18H26N2O3/c1-12(2)9-14(10-13(3)4)19-20-18(21)17-11-22-15-7-5-6-8-16(15)23-17/h5-8,12-13,17H,9-11H2,1-4H3,(H,20,21)/t17-/m0/s1. The van der Waals surface area contributed by atoms with Crippen molar-refractivity contribution < 1.29 is 14.3 Å². The molecule has 0 aromatic heterocycles. The Morgan fingerprint density at radius 3 is 2.39 bits per heavy atom. The van der Waals surface area contributed by atoms with Crippen molar-refractivity contribution in [2.75, 3.05) is 6.61 Å². The SMILES string of the molecule is CC(C)CC(CC(C)C)=NNC(=O)[C@@H]1COc2ccccc2O1. The summed E-state index contributed by atoms with van der Waals surface area (Å²) in [6.07, 6.45) is 1.08. The lowest BCUT2D eigenvalue weighted by Gasteiger charge is -2.25. The highest BCUT2D eigenvalue weighted by Crippen LogP contribution is 2.30. The first-order chi connectivity index (χ1) is 11.0. The van der Waals surface area contributed by atoms with Crippen molar-refractivity contribution in [2.24, 2.45) is 16.9 Å². The Morgan fingerprint density at radius 1 is 1.17 bits per heavy atom. The molecule has 0 spiro atoms. The van der Waals surface area contributed by atoms with Gasteiger partial charge in [-0.1, -0.05) is 39.8 Å². The van der Waals surface area contributed by atoms with Crippen molar-refractivity contribution in [2.45, 2.75) is 46.6 Å². The number of para-hydroxylation sites is 2. The number of hydrogen-bond acceptors (Lipinski definition) is 4. The van der Waals surface area contributed by atoms with Crippen molar-refractivity contribution in [1.29, 1.82) is 0 Å². The predicted molar refractivity (Wildman–Crippen MR) is 90.8 cm³/mol. The molecule has 126 valence electrons. The zero-order chi connectivity index (χ0) is 16.8. The van der Waals surface area contributed by atoms with Gasteiger partial charge in [-0.2, -0.15) is 5.10 Å². The van der Waals surface area contributed by atoms with Crippen LogP contribution in [0.5, 0.6) is 11.5 Å². The highest BCUT2D eigenvalue weighted by molar-refractivity contribution is 5.88. The summed E-state index contributed by atoms with van der Waals surface area (Å²) in [5, 5.41) is 4.32. The van der Waals surface area contributed by atoms with E-state index in [4.69, 9.17) is 9.47 Å². The largest absolute Gasteiger partial charge is 0.485 e. The summed E-state index contributed by atoms with van der Waals surface area (Å²) in [5.41, 5.74) is 3.65. The van der Waals surface area contributed by atoms with Crippen LogP contribution in [0.4, 0.5) is 0 Å². The van der Waals surface area contributed by atoms with Crippen LogP contribution in [0.25, 0.3) is 0 Å². The van der Waals surface area contributed by atoms with Crippen molar-refractivity contribution in [3.05, 3.63) is 24.3 Å². The fraction of sp³-hybridized carbons (Fsp3) is 0.556. The van der Waals surface area contributed by atoms with Gasteiger partial charge in [-0.3, -0.25) is 4.79 Å². The Labute approximate surface area is 138 Å². The molecule has 5 nitrogen and oxygen atoms in total. The van der Waals surface area contributed by atoms with Gasteiger partial charge in [-0.25, -0.2) is 5.43 Å². The highest BCUT2D eigenvalue weighted by Gasteiger charge is 2.27. The van der Waals surface area contributed by atoms with Gasteiger partial charge in [-0.15, -0.1) is 0 Å². The maximum Gasteiger partial charge on any atom is 0.284 e. The van der Waals surface area contributed by atoms with Crippen LogP contribution in [0.1, 0.15) is 40.5 Å². The van der Waals surface area contributed by atoms with Crippen molar-refractivity contribution >= 4 is 11.6 Å². The molecule has 1 aliphatic heterocycles. The van der Waals surface area contributed by atoms with Crippen LogP contribution in [-0.2, 0) is 4.79 Å². The lowest BCUT2D eigenvalue weighted by molar-refractivity contribution is -0.130. The molecular weight excluding hydrogens is 292 g/mol. The molecule has 1 amide bonds. The van der Waals surface area contributed by atoms with Gasteiger partial charge in [0.2, 0.25) is 6.10 Å². The molecule has 0 radical (unpaired) electrons. The highest BCUT2D eigenvalue weighted by atomic mass is 16.6. The fourth-order valence-corrected chi connectivity index (χ4v) is 2.47. The van der Waals surface area contributed by atoms with E-state index in [0.717, 1.165) is 18.6 Å². The minimum Gasteiger partial charge on any atom is -0.485 e. The molecule has 0 bridgehead atoms. The zero-order valence-electron chi connectivity index (χ0n) is 14.3. The van der Waals surface area contributed by atoms with Crippen molar-refractivity contribution in [3.8, 4) is 11.5 Å². The number of hydrazone groups is 1. The molecular formula is C18H26N2O3. The minimum atomic E-state index is -0.673. The van der Waals surface area contributed by atoms with Gasteiger partial charge in [0.1, 0.15) is 6.61 Å². The summed E-state index contributed by atoms with van der Waals surface area (Å²) in [6, 6.07) is 7.34. The number of amides is 1. The number of carbonyl (C=O) groups excluding carboxylic acids is 1. The van der Waals surface area contributed by atoms with E-state index in [-0.39, 0.29) is 12.5 Å². The second-order valence-electron chi connectivity index (χ2n) is 6.71. The third kappa shape index (κ3) is 5.27. The van der Waals surface area contributed by atoms with Crippen LogP contribution in [0, 0.1) is 11.8 Å². The molecule has 0 aliphatic carbocycles. The second kappa shape index (κ2) is 7.99. The zero-order valence-corrected chi connectivity index (χ0v) is 14.3. The maximum absolute atomic E-state index is 12.3. The van der Waals surface area contributed by atoms with E-state index in [1.807, 2.05) is 18.2 Å².